The van der Waals surface area contributed by atoms with E-state index in [1.807, 2.05) is 6.92 Å². The molecule has 1 rings (SSSR count). The number of rotatable bonds is 6. The Hall–Kier alpha value is -0.960. The van der Waals surface area contributed by atoms with Crippen LogP contribution in [0.1, 0.15) is 51.6 Å². The maximum absolute atomic E-state index is 13.1. The van der Waals surface area contributed by atoms with Gasteiger partial charge >= 0.3 is 0 Å². The Bertz CT molecular complexity index is 352. The lowest BCUT2D eigenvalue weighted by atomic mass is 10.1. The van der Waals surface area contributed by atoms with Gasteiger partial charge in [-0.3, -0.25) is 0 Å². The molecule has 0 aliphatic carbocycles. The summed E-state index contributed by atoms with van der Waals surface area (Å²) in [6.07, 6.45) is 3.45. The van der Waals surface area contributed by atoms with Crippen molar-refractivity contribution in [2.75, 3.05) is 0 Å². The van der Waals surface area contributed by atoms with Crippen molar-refractivity contribution in [3.8, 4) is 0 Å². The van der Waals surface area contributed by atoms with Crippen molar-refractivity contribution in [2.24, 2.45) is 0 Å². The molecule has 0 fully saturated rings. The van der Waals surface area contributed by atoms with Crippen LogP contribution in [0.2, 0.25) is 0 Å². The fraction of sp³-hybridized carbons (Fsp3) is 0.571. The second kappa shape index (κ2) is 6.70. The molecule has 1 nitrogen and oxygen atoms in total. The molecule has 0 saturated carbocycles. The van der Waals surface area contributed by atoms with E-state index in [1.165, 1.54) is 25.0 Å². The zero-order valence-electron chi connectivity index (χ0n) is 10.8. The van der Waals surface area contributed by atoms with Gasteiger partial charge in [-0.2, -0.15) is 0 Å². The van der Waals surface area contributed by atoms with Crippen molar-refractivity contribution < 1.29 is 8.78 Å². The molecule has 1 aromatic rings. The lowest BCUT2D eigenvalue weighted by molar-refractivity contribution is 0.440. The molecule has 0 aliphatic heterocycles. The van der Waals surface area contributed by atoms with Gasteiger partial charge in [-0.15, -0.1) is 0 Å². The molecule has 96 valence electrons. The van der Waals surface area contributed by atoms with Crippen LogP contribution < -0.4 is 5.32 Å². The molecule has 0 aromatic heterocycles. The summed E-state index contributed by atoms with van der Waals surface area (Å²) in [7, 11) is 0. The van der Waals surface area contributed by atoms with Gasteiger partial charge in [-0.25, -0.2) is 8.78 Å². The summed E-state index contributed by atoms with van der Waals surface area (Å²) in [6, 6.07) is 4.50. The highest BCUT2D eigenvalue weighted by atomic mass is 19.2. The van der Waals surface area contributed by atoms with Gasteiger partial charge in [0.1, 0.15) is 0 Å². The maximum atomic E-state index is 13.1. The average molecular weight is 241 g/mol. The zero-order valence-corrected chi connectivity index (χ0v) is 10.8. The molecular formula is C14H21F2N. The summed E-state index contributed by atoms with van der Waals surface area (Å²) in [5, 5.41) is 3.39. The van der Waals surface area contributed by atoms with Crippen molar-refractivity contribution in [2.45, 2.75) is 52.1 Å². The topological polar surface area (TPSA) is 12.0 Å². The predicted octanol–water partition coefficient (Wildman–Crippen LogP) is 4.19. The van der Waals surface area contributed by atoms with Gasteiger partial charge < -0.3 is 5.32 Å². The van der Waals surface area contributed by atoms with Crippen LogP contribution >= 0.6 is 0 Å². The lowest BCUT2D eigenvalue weighted by Crippen LogP contribution is -2.28. The minimum Gasteiger partial charge on any atom is -0.308 e. The number of halogens is 2. The molecule has 1 N–H and O–H groups in total. The number of nitrogens with one attached hydrogen (secondary N) is 1. The molecule has 0 heterocycles. The molecule has 0 bridgehead atoms. The molecule has 0 saturated heterocycles. The van der Waals surface area contributed by atoms with Crippen LogP contribution in [0.25, 0.3) is 0 Å². The van der Waals surface area contributed by atoms with Gasteiger partial charge in [-0.05, 0) is 38.0 Å². The Morgan fingerprint density at radius 3 is 2.47 bits per heavy atom. The smallest absolute Gasteiger partial charge is 0.159 e. The largest absolute Gasteiger partial charge is 0.308 e. The molecule has 0 amide bonds. The molecule has 0 aliphatic rings. The lowest BCUT2D eigenvalue weighted by Gasteiger charge is -2.20. The minimum absolute atomic E-state index is 0.0388. The highest BCUT2D eigenvalue weighted by Gasteiger charge is 2.11. The van der Waals surface area contributed by atoms with Crippen LogP contribution in [0.3, 0.4) is 0 Å². The van der Waals surface area contributed by atoms with E-state index in [4.69, 9.17) is 0 Å². The second-order valence-electron chi connectivity index (χ2n) is 4.61. The third-order valence-corrected chi connectivity index (χ3v) is 2.97. The molecule has 1 aromatic carbocycles. The van der Waals surface area contributed by atoms with Crippen molar-refractivity contribution in [3.63, 3.8) is 0 Å². The third-order valence-electron chi connectivity index (χ3n) is 2.97. The standard InChI is InChI=1S/C14H21F2N/c1-4-5-6-10(2)17-11(3)12-7-8-13(15)14(16)9-12/h7-11,17H,4-6H2,1-3H3. The molecule has 0 radical (unpaired) electrons. The second-order valence-corrected chi connectivity index (χ2v) is 4.61. The monoisotopic (exact) mass is 241 g/mol. The van der Waals surface area contributed by atoms with E-state index in [9.17, 15) is 8.78 Å². The highest BCUT2D eigenvalue weighted by molar-refractivity contribution is 5.20. The fourth-order valence-corrected chi connectivity index (χ4v) is 1.90. The Balaban J connectivity index is 2.57. The Labute approximate surface area is 102 Å². The molecular weight excluding hydrogens is 220 g/mol. The van der Waals surface area contributed by atoms with Crippen molar-refractivity contribution in [1.82, 2.24) is 5.32 Å². The summed E-state index contributed by atoms with van der Waals surface area (Å²) < 4.78 is 25.9. The fourth-order valence-electron chi connectivity index (χ4n) is 1.90. The van der Waals surface area contributed by atoms with Crippen molar-refractivity contribution >= 4 is 0 Å². The molecule has 2 unspecified atom stereocenters. The summed E-state index contributed by atoms with van der Waals surface area (Å²) in [5.74, 6) is -1.57. The van der Waals surface area contributed by atoms with E-state index in [-0.39, 0.29) is 6.04 Å². The van der Waals surface area contributed by atoms with Gasteiger partial charge in [0.05, 0.1) is 0 Å². The van der Waals surface area contributed by atoms with Crippen LogP contribution in [0.15, 0.2) is 18.2 Å². The number of hydrogen-bond donors (Lipinski definition) is 1. The zero-order chi connectivity index (χ0) is 12.8. The van der Waals surface area contributed by atoms with E-state index in [0.29, 0.717) is 6.04 Å². The number of hydrogen-bond acceptors (Lipinski definition) is 1. The third kappa shape index (κ3) is 4.43. The van der Waals surface area contributed by atoms with Crippen LogP contribution in [0, 0.1) is 11.6 Å². The van der Waals surface area contributed by atoms with Gasteiger partial charge in [0.15, 0.2) is 11.6 Å². The Morgan fingerprint density at radius 2 is 1.88 bits per heavy atom. The molecule has 0 spiro atoms. The summed E-state index contributed by atoms with van der Waals surface area (Å²) in [4.78, 5) is 0. The summed E-state index contributed by atoms with van der Waals surface area (Å²) >= 11 is 0. The van der Waals surface area contributed by atoms with Gasteiger partial charge in [-0.1, -0.05) is 25.8 Å². The highest BCUT2D eigenvalue weighted by Crippen LogP contribution is 2.17. The number of benzene rings is 1. The first-order valence-corrected chi connectivity index (χ1v) is 6.25. The van der Waals surface area contributed by atoms with E-state index in [2.05, 4.69) is 19.2 Å². The normalized spacial score (nSPS) is 14.6. The van der Waals surface area contributed by atoms with Gasteiger partial charge in [0, 0.05) is 12.1 Å². The SMILES string of the molecule is CCCCC(C)NC(C)c1ccc(F)c(F)c1. The quantitative estimate of drug-likeness (QED) is 0.787. The Kier molecular flexibility index (Phi) is 5.56. The van der Waals surface area contributed by atoms with E-state index in [0.717, 1.165) is 12.0 Å². The molecule has 2 atom stereocenters. The average Bonchev–Trinajstić information content (AvgIpc) is 2.30. The van der Waals surface area contributed by atoms with Crippen molar-refractivity contribution in [3.05, 3.63) is 35.4 Å². The maximum Gasteiger partial charge on any atom is 0.159 e. The van der Waals surface area contributed by atoms with Crippen LogP contribution in [0.5, 0.6) is 0 Å². The van der Waals surface area contributed by atoms with Gasteiger partial charge in [0.2, 0.25) is 0 Å². The first kappa shape index (κ1) is 14.1. The van der Waals surface area contributed by atoms with Gasteiger partial charge in [0.25, 0.3) is 0 Å². The van der Waals surface area contributed by atoms with E-state index < -0.39 is 11.6 Å². The van der Waals surface area contributed by atoms with E-state index in [1.54, 1.807) is 6.07 Å². The van der Waals surface area contributed by atoms with Crippen LogP contribution in [-0.4, -0.2) is 6.04 Å². The predicted molar refractivity (Wildman–Crippen MR) is 66.9 cm³/mol. The number of unbranched alkanes of at least 4 members (excludes halogenated alkanes) is 1. The first-order chi connectivity index (χ1) is 8.04. The van der Waals surface area contributed by atoms with Crippen LogP contribution in [0.4, 0.5) is 8.78 Å². The van der Waals surface area contributed by atoms with Crippen LogP contribution in [-0.2, 0) is 0 Å². The summed E-state index contributed by atoms with van der Waals surface area (Å²) in [5.41, 5.74) is 0.784. The molecule has 3 heteroatoms. The van der Waals surface area contributed by atoms with Crippen molar-refractivity contribution in [1.29, 1.82) is 0 Å². The first-order valence-electron chi connectivity index (χ1n) is 6.25. The van der Waals surface area contributed by atoms with E-state index >= 15 is 0 Å². The molecule has 17 heavy (non-hydrogen) atoms. The minimum atomic E-state index is -0.792. The summed E-state index contributed by atoms with van der Waals surface area (Å²) in [6.45, 7) is 6.24. The Morgan fingerprint density at radius 1 is 1.18 bits per heavy atom.